The number of rotatable bonds is 9. The third-order valence-electron chi connectivity index (χ3n) is 4.86. The lowest BCUT2D eigenvalue weighted by molar-refractivity contribution is -0.140. The van der Waals surface area contributed by atoms with Gasteiger partial charge in [-0.2, -0.15) is 4.31 Å². The van der Waals surface area contributed by atoms with Crippen molar-refractivity contribution in [2.75, 3.05) is 26.7 Å². The largest absolute Gasteiger partial charge is 0.469 e. The fraction of sp³-hybridized carbons (Fsp3) is 0.579. The number of piperidine rings is 1. The summed E-state index contributed by atoms with van der Waals surface area (Å²) in [5.74, 6) is -0.424. The van der Waals surface area contributed by atoms with Gasteiger partial charge in [-0.3, -0.25) is 9.59 Å². The van der Waals surface area contributed by atoms with E-state index in [1.165, 1.54) is 23.5 Å². The number of hydrogen-bond acceptors (Lipinski definition) is 5. The highest BCUT2D eigenvalue weighted by Crippen LogP contribution is 2.24. The molecule has 1 aromatic rings. The summed E-state index contributed by atoms with van der Waals surface area (Å²) in [5, 5.41) is 3.39. The minimum atomic E-state index is -3.56. The topological polar surface area (TPSA) is 92.8 Å². The zero-order valence-corrected chi connectivity index (χ0v) is 17.6. The summed E-state index contributed by atoms with van der Waals surface area (Å²) >= 11 is 5.82. The number of amides is 1. The monoisotopic (exact) mass is 430 g/mol. The van der Waals surface area contributed by atoms with E-state index in [0.29, 0.717) is 43.9 Å². The Morgan fingerprint density at radius 3 is 2.39 bits per heavy atom. The number of carbonyl (C=O) groups excluding carboxylic acids is 2. The molecule has 0 spiro atoms. The van der Waals surface area contributed by atoms with Gasteiger partial charge in [0.2, 0.25) is 15.9 Å². The van der Waals surface area contributed by atoms with E-state index < -0.39 is 10.0 Å². The van der Waals surface area contributed by atoms with E-state index in [1.807, 2.05) is 0 Å². The molecule has 156 valence electrons. The van der Waals surface area contributed by atoms with E-state index in [9.17, 15) is 18.0 Å². The number of hydrogen-bond donors (Lipinski definition) is 1. The van der Waals surface area contributed by atoms with Crippen LogP contribution in [0.15, 0.2) is 29.2 Å². The maximum atomic E-state index is 12.7. The molecular weight excluding hydrogens is 404 g/mol. The molecule has 1 aliphatic heterocycles. The zero-order valence-electron chi connectivity index (χ0n) is 16.0. The summed E-state index contributed by atoms with van der Waals surface area (Å²) in [7, 11) is -2.19. The molecule has 28 heavy (non-hydrogen) atoms. The van der Waals surface area contributed by atoms with Gasteiger partial charge >= 0.3 is 5.97 Å². The standard InChI is InChI=1S/C19H27ClN2O5S/c1-27-18(23)5-3-2-4-12-21-19(24)15-10-13-22(14-11-15)28(25,26)17-8-6-16(20)7-9-17/h6-9,15H,2-5,10-14H2,1H3,(H,21,24). The van der Waals surface area contributed by atoms with E-state index in [1.54, 1.807) is 12.1 Å². The highest BCUT2D eigenvalue weighted by Gasteiger charge is 2.31. The second-order valence-electron chi connectivity index (χ2n) is 6.81. The summed E-state index contributed by atoms with van der Waals surface area (Å²) < 4.78 is 31.3. The molecular formula is C19H27ClN2O5S. The fourth-order valence-corrected chi connectivity index (χ4v) is 4.74. The lowest BCUT2D eigenvalue weighted by Crippen LogP contribution is -2.43. The van der Waals surface area contributed by atoms with E-state index in [2.05, 4.69) is 10.1 Å². The van der Waals surface area contributed by atoms with Crippen molar-refractivity contribution in [1.29, 1.82) is 0 Å². The molecule has 1 saturated heterocycles. The minimum Gasteiger partial charge on any atom is -0.469 e. The number of nitrogens with one attached hydrogen (secondary N) is 1. The first-order valence-electron chi connectivity index (χ1n) is 9.45. The second-order valence-corrected chi connectivity index (χ2v) is 9.18. The van der Waals surface area contributed by atoms with Crippen molar-refractivity contribution in [1.82, 2.24) is 9.62 Å². The Hall–Kier alpha value is -1.64. The van der Waals surface area contributed by atoms with E-state index in [0.717, 1.165) is 19.3 Å². The van der Waals surface area contributed by atoms with Crippen molar-refractivity contribution < 1.29 is 22.7 Å². The van der Waals surface area contributed by atoms with Crippen LogP contribution in [0, 0.1) is 5.92 Å². The van der Waals surface area contributed by atoms with Crippen LogP contribution >= 0.6 is 11.6 Å². The lowest BCUT2D eigenvalue weighted by atomic mass is 9.97. The number of ether oxygens (including phenoxy) is 1. The van der Waals surface area contributed by atoms with Crippen LogP contribution < -0.4 is 5.32 Å². The molecule has 0 aliphatic carbocycles. The Labute approximate surface area is 171 Å². The molecule has 0 aromatic heterocycles. The van der Waals surface area contributed by atoms with Crippen molar-refractivity contribution in [3.8, 4) is 0 Å². The number of benzene rings is 1. The van der Waals surface area contributed by atoms with Crippen LogP contribution in [0.1, 0.15) is 38.5 Å². The Morgan fingerprint density at radius 1 is 1.14 bits per heavy atom. The van der Waals surface area contributed by atoms with Crippen LogP contribution in [0.2, 0.25) is 5.02 Å². The second kappa shape index (κ2) is 10.8. The predicted octanol–water partition coefficient (Wildman–Crippen LogP) is 2.59. The van der Waals surface area contributed by atoms with Gasteiger partial charge in [-0.1, -0.05) is 18.0 Å². The van der Waals surface area contributed by atoms with E-state index in [-0.39, 0.29) is 22.7 Å². The number of esters is 1. The first-order valence-corrected chi connectivity index (χ1v) is 11.3. The molecule has 1 heterocycles. The van der Waals surface area contributed by atoms with Crippen LogP contribution in [0.5, 0.6) is 0 Å². The predicted molar refractivity (Wildman–Crippen MR) is 106 cm³/mol. The molecule has 1 N–H and O–H groups in total. The van der Waals surface area contributed by atoms with Crippen molar-refractivity contribution in [3.63, 3.8) is 0 Å². The summed E-state index contributed by atoms with van der Waals surface area (Å²) in [6.45, 7) is 1.20. The van der Waals surface area contributed by atoms with Crippen molar-refractivity contribution in [2.24, 2.45) is 5.92 Å². The molecule has 0 bridgehead atoms. The molecule has 7 nitrogen and oxygen atoms in total. The van der Waals surface area contributed by atoms with Gasteiger partial charge in [0.25, 0.3) is 0 Å². The molecule has 1 aromatic carbocycles. The average Bonchev–Trinajstić information content (AvgIpc) is 2.70. The van der Waals surface area contributed by atoms with Gasteiger partial charge in [-0.25, -0.2) is 8.42 Å². The van der Waals surface area contributed by atoms with Gasteiger partial charge in [0.15, 0.2) is 0 Å². The average molecular weight is 431 g/mol. The summed E-state index contributed by atoms with van der Waals surface area (Å²) in [5.41, 5.74) is 0. The number of carbonyl (C=O) groups is 2. The highest BCUT2D eigenvalue weighted by atomic mass is 35.5. The zero-order chi connectivity index (χ0) is 20.6. The first kappa shape index (κ1) is 22.6. The van der Waals surface area contributed by atoms with Crippen molar-refractivity contribution in [3.05, 3.63) is 29.3 Å². The number of nitrogens with zero attached hydrogens (tertiary/aromatic N) is 1. The van der Waals surface area contributed by atoms with Gasteiger partial charge in [0.1, 0.15) is 0 Å². The summed E-state index contributed by atoms with van der Waals surface area (Å²) in [4.78, 5) is 23.5. The van der Waals surface area contributed by atoms with Gasteiger partial charge in [-0.05, 0) is 49.9 Å². The molecule has 2 rings (SSSR count). The normalized spacial score (nSPS) is 15.9. The first-order chi connectivity index (χ1) is 13.3. The SMILES string of the molecule is COC(=O)CCCCCNC(=O)C1CCN(S(=O)(=O)c2ccc(Cl)cc2)CC1. The summed E-state index contributed by atoms with van der Waals surface area (Å²) in [6.07, 6.45) is 3.77. The number of halogens is 1. The Balaban J connectivity index is 1.72. The maximum absolute atomic E-state index is 12.7. The quantitative estimate of drug-likeness (QED) is 0.480. The Kier molecular flexibility index (Phi) is 8.72. The molecule has 0 atom stereocenters. The van der Waals surface area contributed by atoms with Gasteiger partial charge < -0.3 is 10.1 Å². The van der Waals surface area contributed by atoms with Crippen LogP contribution in [0.25, 0.3) is 0 Å². The third kappa shape index (κ3) is 6.46. The molecule has 1 fully saturated rings. The molecule has 1 aliphatic rings. The van der Waals surface area contributed by atoms with Crippen molar-refractivity contribution in [2.45, 2.75) is 43.4 Å². The smallest absolute Gasteiger partial charge is 0.305 e. The molecule has 1 amide bonds. The van der Waals surface area contributed by atoms with Gasteiger partial charge in [-0.15, -0.1) is 0 Å². The minimum absolute atomic E-state index is 0.0310. The van der Waals surface area contributed by atoms with Crippen LogP contribution in [0.3, 0.4) is 0 Å². The molecule has 0 radical (unpaired) electrons. The van der Waals surface area contributed by atoms with Crippen LogP contribution in [-0.4, -0.2) is 51.3 Å². The molecule has 0 saturated carbocycles. The Bertz CT molecular complexity index is 759. The lowest BCUT2D eigenvalue weighted by Gasteiger charge is -2.30. The number of methoxy groups -OCH3 is 1. The third-order valence-corrected chi connectivity index (χ3v) is 7.03. The van der Waals surface area contributed by atoms with Gasteiger partial charge in [0.05, 0.1) is 12.0 Å². The summed E-state index contributed by atoms with van der Waals surface area (Å²) in [6, 6.07) is 6.10. The number of sulfonamides is 1. The number of unbranched alkanes of at least 4 members (excludes halogenated alkanes) is 2. The maximum Gasteiger partial charge on any atom is 0.305 e. The van der Waals surface area contributed by atoms with Crippen molar-refractivity contribution >= 4 is 33.5 Å². The fourth-order valence-electron chi connectivity index (χ4n) is 3.14. The molecule has 9 heteroatoms. The van der Waals surface area contributed by atoms with Gasteiger partial charge in [0, 0.05) is 37.0 Å². The van der Waals surface area contributed by atoms with E-state index in [4.69, 9.17) is 11.6 Å². The van der Waals surface area contributed by atoms with Crippen LogP contribution in [0.4, 0.5) is 0 Å². The van der Waals surface area contributed by atoms with Crippen LogP contribution in [-0.2, 0) is 24.3 Å². The molecule has 0 unspecified atom stereocenters. The highest BCUT2D eigenvalue weighted by molar-refractivity contribution is 7.89. The van der Waals surface area contributed by atoms with E-state index >= 15 is 0 Å². The Morgan fingerprint density at radius 2 is 1.79 bits per heavy atom.